The van der Waals surface area contributed by atoms with Crippen molar-refractivity contribution in [2.24, 2.45) is 5.92 Å². The van der Waals surface area contributed by atoms with Gasteiger partial charge in [-0.1, -0.05) is 19.1 Å². The molecule has 1 rings (SSSR count). The Morgan fingerprint density at radius 2 is 2.07 bits per heavy atom. The quantitative estimate of drug-likeness (QED) is 0.737. The van der Waals surface area contributed by atoms with Crippen molar-refractivity contribution in [2.45, 2.75) is 39.1 Å². The highest BCUT2D eigenvalue weighted by molar-refractivity contribution is 6.16. The molecule has 6 heteroatoms. The largest absolute Gasteiger partial charge is 0.281 e. The minimum atomic E-state index is -2.57. The molecule has 0 aliphatic carbocycles. The molecule has 3 nitrogen and oxygen atoms in total. The van der Waals surface area contributed by atoms with E-state index in [2.05, 4.69) is 10.3 Å². The van der Waals surface area contributed by atoms with Crippen LogP contribution in [0.2, 0.25) is 0 Å². The highest BCUT2D eigenvalue weighted by Gasteiger charge is 2.20. The van der Waals surface area contributed by atoms with Crippen LogP contribution in [-0.4, -0.2) is 15.0 Å². The van der Waals surface area contributed by atoms with Crippen LogP contribution in [-0.2, 0) is 12.4 Å². The fourth-order valence-electron chi connectivity index (χ4n) is 1.24. The molecule has 0 fully saturated rings. The van der Waals surface area contributed by atoms with E-state index < -0.39 is 6.43 Å². The summed E-state index contributed by atoms with van der Waals surface area (Å²) in [5.41, 5.74) is 0.0288. The van der Waals surface area contributed by atoms with Crippen LogP contribution in [0.3, 0.4) is 0 Å². The fraction of sp³-hybridized carbons (Fsp3) is 0.778. The van der Waals surface area contributed by atoms with Crippen molar-refractivity contribution in [3.63, 3.8) is 0 Å². The molecule has 15 heavy (non-hydrogen) atoms. The first kappa shape index (κ1) is 12.4. The second kappa shape index (κ2) is 5.39. The Morgan fingerprint density at radius 3 is 2.53 bits per heavy atom. The number of rotatable bonds is 5. The Bertz CT molecular complexity index is 312. The lowest BCUT2D eigenvalue weighted by molar-refractivity contribution is 0.137. The van der Waals surface area contributed by atoms with Gasteiger partial charge in [0.1, 0.15) is 11.4 Å². The van der Waals surface area contributed by atoms with Gasteiger partial charge in [0.25, 0.3) is 6.43 Å². The van der Waals surface area contributed by atoms with E-state index in [1.54, 1.807) is 0 Å². The summed E-state index contributed by atoms with van der Waals surface area (Å²) in [6, 6.07) is 0. The summed E-state index contributed by atoms with van der Waals surface area (Å²) in [6.45, 7) is 4.52. The molecule has 0 spiro atoms. The molecular formula is C9H14ClF2N3. The van der Waals surface area contributed by atoms with Gasteiger partial charge in [-0.3, -0.25) is 0 Å². The SMILES string of the molecule is CC(C)CCn1nnc(CCl)c1C(F)F. The molecule has 0 unspecified atom stereocenters. The van der Waals surface area contributed by atoms with Crippen LogP contribution in [0, 0.1) is 5.92 Å². The number of halogens is 3. The summed E-state index contributed by atoms with van der Waals surface area (Å²) in [6.07, 6.45) is -1.77. The first-order valence-electron chi connectivity index (χ1n) is 4.82. The molecule has 86 valence electrons. The smallest absolute Gasteiger partial charge is 0.243 e. The van der Waals surface area contributed by atoms with Gasteiger partial charge in [0.15, 0.2) is 0 Å². The molecule has 0 aromatic carbocycles. The zero-order valence-electron chi connectivity index (χ0n) is 8.75. The van der Waals surface area contributed by atoms with Gasteiger partial charge >= 0.3 is 0 Å². The van der Waals surface area contributed by atoms with Gasteiger partial charge in [-0.2, -0.15) is 0 Å². The van der Waals surface area contributed by atoms with Crippen molar-refractivity contribution in [2.75, 3.05) is 0 Å². The molecule has 1 aromatic rings. The third-order valence-electron chi connectivity index (χ3n) is 2.10. The normalized spacial score (nSPS) is 11.7. The summed E-state index contributed by atoms with van der Waals surface area (Å²) in [7, 11) is 0. The second-order valence-electron chi connectivity index (χ2n) is 3.76. The van der Waals surface area contributed by atoms with Crippen molar-refractivity contribution in [1.82, 2.24) is 15.0 Å². The van der Waals surface area contributed by atoms with Gasteiger partial charge < -0.3 is 0 Å². The van der Waals surface area contributed by atoms with Crippen molar-refractivity contribution in [3.8, 4) is 0 Å². The van der Waals surface area contributed by atoms with E-state index in [-0.39, 0.29) is 17.3 Å². The molecular weight excluding hydrogens is 224 g/mol. The molecule has 0 saturated heterocycles. The Morgan fingerprint density at radius 1 is 1.40 bits per heavy atom. The van der Waals surface area contributed by atoms with Gasteiger partial charge in [0.2, 0.25) is 0 Å². The highest BCUT2D eigenvalue weighted by atomic mass is 35.5. The Labute approximate surface area is 92.4 Å². The van der Waals surface area contributed by atoms with Crippen LogP contribution in [0.25, 0.3) is 0 Å². The number of aromatic nitrogens is 3. The number of hydrogen-bond donors (Lipinski definition) is 0. The highest BCUT2D eigenvalue weighted by Crippen LogP contribution is 2.23. The van der Waals surface area contributed by atoms with Crippen molar-refractivity contribution < 1.29 is 8.78 Å². The number of alkyl halides is 3. The minimum Gasteiger partial charge on any atom is -0.243 e. The third kappa shape index (κ3) is 3.12. The van der Waals surface area contributed by atoms with E-state index >= 15 is 0 Å². The molecule has 0 amide bonds. The summed E-state index contributed by atoms with van der Waals surface area (Å²) in [5, 5.41) is 7.32. The average molecular weight is 238 g/mol. The fourth-order valence-corrected chi connectivity index (χ4v) is 1.43. The molecule has 0 aliphatic rings. The third-order valence-corrected chi connectivity index (χ3v) is 2.35. The van der Waals surface area contributed by atoms with Crippen LogP contribution in [0.15, 0.2) is 0 Å². The van der Waals surface area contributed by atoms with Gasteiger partial charge in [0, 0.05) is 6.54 Å². The summed E-state index contributed by atoms with van der Waals surface area (Å²) < 4.78 is 26.6. The van der Waals surface area contributed by atoms with Crippen LogP contribution in [0.5, 0.6) is 0 Å². The van der Waals surface area contributed by atoms with Crippen LogP contribution in [0.1, 0.15) is 38.1 Å². The predicted octanol–water partition coefficient (Wildman–Crippen LogP) is 3.00. The maximum Gasteiger partial charge on any atom is 0.281 e. The molecule has 1 aromatic heterocycles. The van der Waals surface area contributed by atoms with E-state index in [9.17, 15) is 8.78 Å². The monoisotopic (exact) mass is 237 g/mol. The van der Waals surface area contributed by atoms with E-state index in [1.807, 2.05) is 13.8 Å². The molecule has 1 heterocycles. The number of aryl methyl sites for hydroxylation is 1. The van der Waals surface area contributed by atoms with E-state index in [0.29, 0.717) is 12.5 Å². The summed E-state index contributed by atoms with van der Waals surface area (Å²) in [5.74, 6) is 0.417. The molecule has 0 radical (unpaired) electrons. The maximum absolute atomic E-state index is 12.7. The lowest BCUT2D eigenvalue weighted by atomic mass is 10.1. The van der Waals surface area contributed by atoms with Gasteiger partial charge in [-0.05, 0) is 12.3 Å². The number of nitrogens with zero attached hydrogens (tertiary/aromatic N) is 3. The Balaban J connectivity index is 2.82. The van der Waals surface area contributed by atoms with Crippen molar-refractivity contribution >= 4 is 11.6 Å². The van der Waals surface area contributed by atoms with E-state index in [4.69, 9.17) is 11.6 Å². The first-order valence-corrected chi connectivity index (χ1v) is 5.36. The molecule has 0 aliphatic heterocycles. The van der Waals surface area contributed by atoms with Gasteiger partial charge in [0.05, 0.1) is 5.88 Å². The minimum absolute atomic E-state index is 0.0264. The van der Waals surface area contributed by atoms with Crippen LogP contribution >= 0.6 is 11.6 Å². The van der Waals surface area contributed by atoms with E-state index in [0.717, 1.165) is 6.42 Å². The molecule has 0 atom stereocenters. The molecule has 0 saturated carbocycles. The number of hydrogen-bond acceptors (Lipinski definition) is 2. The lowest BCUT2D eigenvalue weighted by Crippen LogP contribution is -2.08. The predicted molar refractivity (Wildman–Crippen MR) is 54.0 cm³/mol. The molecule has 0 N–H and O–H groups in total. The van der Waals surface area contributed by atoms with Crippen molar-refractivity contribution in [1.29, 1.82) is 0 Å². The van der Waals surface area contributed by atoms with Crippen molar-refractivity contribution in [3.05, 3.63) is 11.4 Å². The zero-order chi connectivity index (χ0) is 11.4. The Hall–Kier alpha value is -0.710. The van der Waals surface area contributed by atoms with Gasteiger partial charge in [-0.15, -0.1) is 16.7 Å². The Kier molecular flexibility index (Phi) is 4.45. The molecule has 0 bridgehead atoms. The first-order chi connectivity index (χ1) is 7.06. The topological polar surface area (TPSA) is 30.7 Å². The second-order valence-corrected chi connectivity index (χ2v) is 4.03. The standard InChI is InChI=1S/C9H14ClF2N3/c1-6(2)3-4-15-8(9(11)12)7(5-10)13-14-15/h6,9H,3-5H2,1-2H3. The lowest BCUT2D eigenvalue weighted by Gasteiger charge is -2.07. The summed E-state index contributed by atoms with van der Waals surface area (Å²) in [4.78, 5) is 0. The summed E-state index contributed by atoms with van der Waals surface area (Å²) >= 11 is 5.50. The van der Waals surface area contributed by atoms with Crippen LogP contribution < -0.4 is 0 Å². The maximum atomic E-state index is 12.7. The van der Waals surface area contributed by atoms with Gasteiger partial charge in [-0.25, -0.2) is 13.5 Å². The average Bonchev–Trinajstić information content (AvgIpc) is 2.57. The van der Waals surface area contributed by atoms with E-state index in [1.165, 1.54) is 4.68 Å². The zero-order valence-corrected chi connectivity index (χ0v) is 9.51. The van der Waals surface area contributed by atoms with Crippen LogP contribution in [0.4, 0.5) is 8.78 Å².